The topological polar surface area (TPSA) is 66.4 Å². The van der Waals surface area contributed by atoms with Crippen molar-refractivity contribution >= 4 is 52.4 Å². The highest BCUT2D eigenvalue weighted by Crippen LogP contribution is 2.34. The van der Waals surface area contributed by atoms with E-state index in [9.17, 15) is 9.59 Å². The van der Waals surface area contributed by atoms with Gasteiger partial charge in [-0.1, -0.05) is 29.3 Å². The molecule has 2 N–H and O–H groups in total. The van der Waals surface area contributed by atoms with Crippen LogP contribution in [0.2, 0.25) is 10.0 Å². The van der Waals surface area contributed by atoms with Crippen LogP contribution in [0.4, 0.5) is 5.69 Å². The van der Waals surface area contributed by atoms with E-state index in [1.165, 1.54) is 12.1 Å². The van der Waals surface area contributed by atoms with Crippen molar-refractivity contribution in [3.05, 3.63) is 63.1 Å². The summed E-state index contributed by atoms with van der Waals surface area (Å²) in [6.07, 6.45) is 1.65. The Hall–Kier alpha value is -2.30. The molecule has 0 atom stereocenters. The van der Waals surface area contributed by atoms with Gasteiger partial charge in [0.1, 0.15) is 0 Å². The highest BCUT2D eigenvalue weighted by molar-refractivity contribution is 6.42. The van der Waals surface area contributed by atoms with Crippen LogP contribution in [0.5, 0.6) is 0 Å². The second kappa shape index (κ2) is 5.48. The molecule has 0 saturated heterocycles. The summed E-state index contributed by atoms with van der Waals surface area (Å²) >= 11 is 11.8. The number of hydrogen-bond donors (Lipinski definition) is 2. The molecule has 0 unspecified atom stereocenters. The molecule has 2 aromatic carbocycles. The lowest BCUT2D eigenvalue weighted by Gasteiger charge is -2.02. The predicted molar refractivity (Wildman–Crippen MR) is 86.4 cm³/mol. The molecule has 0 spiro atoms. The van der Waals surface area contributed by atoms with E-state index < -0.39 is 5.97 Å². The normalized spacial score (nSPS) is 14.8. The summed E-state index contributed by atoms with van der Waals surface area (Å²) in [5.74, 6) is -1.33. The third-order valence-corrected chi connectivity index (χ3v) is 4.04. The van der Waals surface area contributed by atoms with Crippen LogP contribution in [0.15, 0.2) is 36.4 Å². The van der Waals surface area contributed by atoms with E-state index in [1.807, 2.05) is 0 Å². The number of fused-ring (bicyclic) bond motifs is 1. The lowest BCUT2D eigenvalue weighted by Crippen LogP contribution is -2.03. The molecular weight excluding hydrogens is 325 g/mol. The Morgan fingerprint density at radius 2 is 1.86 bits per heavy atom. The molecule has 110 valence electrons. The number of halogens is 2. The molecule has 3 rings (SSSR count). The number of carboxylic acids is 1. The van der Waals surface area contributed by atoms with Crippen molar-refractivity contribution < 1.29 is 14.7 Å². The number of carbonyl (C=O) groups excluding carboxylic acids is 1. The Labute approximate surface area is 136 Å². The predicted octanol–water partition coefficient (Wildman–Crippen LogP) is 4.18. The van der Waals surface area contributed by atoms with Gasteiger partial charge in [-0.25, -0.2) is 4.79 Å². The maximum atomic E-state index is 12.1. The Bertz CT molecular complexity index is 843. The van der Waals surface area contributed by atoms with Crippen LogP contribution in [-0.2, 0) is 4.79 Å². The Balaban J connectivity index is 2.10. The molecule has 1 aliphatic heterocycles. The Morgan fingerprint density at radius 3 is 2.55 bits per heavy atom. The van der Waals surface area contributed by atoms with E-state index in [0.29, 0.717) is 32.4 Å². The maximum absolute atomic E-state index is 12.1. The minimum Gasteiger partial charge on any atom is -0.478 e. The number of rotatable bonds is 2. The van der Waals surface area contributed by atoms with Crippen LogP contribution in [0.3, 0.4) is 0 Å². The molecule has 0 fully saturated rings. The van der Waals surface area contributed by atoms with Gasteiger partial charge in [-0.05, 0) is 42.0 Å². The third kappa shape index (κ3) is 2.58. The van der Waals surface area contributed by atoms with Crippen LogP contribution in [0, 0.1) is 0 Å². The molecule has 2 aromatic rings. The molecule has 1 heterocycles. The van der Waals surface area contributed by atoms with Gasteiger partial charge < -0.3 is 10.4 Å². The number of amides is 1. The zero-order chi connectivity index (χ0) is 15.9. The van der Waals surface area contributed by atoms with E-state index in [4.69, 9.17) is 28.3 Å². The molecule has 4 nitrogen and oxygen atoms in total. The standard InChI is InChI=1S/C16H9Cl2NO3/c17-12-3-1-8(6-13(12)18)5-11-10-7-9(16(21)22)2-4-14(10)19-15(11)20/h1-7H,(H,19,20)(H,21,22)/b11-5+. The second-order valence-electron chi connectivity index (χ2n) is 4.75. The largest absolute Gasteiger partial charge is 0.478 e. The van der Waals surface area contributed by atoms with Crippen molar-refractivity contribution in [3.8, 4) is 0 Å². The summed E-state index contributed by atoms with van der Waals surface area (Å²) in [7, 11) is 0. The lowest BCUT2D eigenvalue weighted by molar-refractivity contribution is -0.110. The van der Waals surface area contributed by atoms with Gasteiger partial charge in [0.2, 0.25) is 0 Å². The SMILES string of the molecule is O=C1Nc2ccc(C(=O)O)cc2/C1=C\c1ccc(Cl)c(Cl)c1. The molecule has 0 radical (unpaired) electrons. The summed E-state index contributed by atoms with van der Waals surface area (Å²) in [5, 5.41) is 12.6. The van der Waals surface area contributed by atoms with Crippen LogP contribution in [0.25, 0.3) is 11.6 Å². The molecular formula is C16H9Cl2NO3. The van der Waals surface area contributed by atoms with Gasteiger partial charge in [-0.15, -0.1) is 0 Å². The first-order valence-corrected chi connectivity index (χ1v) is 7.07. The first kappa shape index (κ1) is 14.6. The number of nitrogens with one attached hydrogen (secondary N) is 1. The summed E-state index contributed by atoms with van der Waals surface area (Å²) in [6.45, 7) is 0. The summed E-state index contributed by atoms with van der Waals surface area (Å²) in [4.78, 5) is 23.2. The fourth-order valence-corrected chi connectivity index (χ4v) is 2.54. The van der Waals surface area contributed by atoms with Crippen LogP contribution < -0.4 is 5.32 Å². The fourth-order valence-electron chi connectivity index (χ4n) is 2.23. The quantitative estimate of drug-likeness (QED) is 0.810. The van der Waals surface area contributed by atoms with Crippen molar-refractivity contribution in [1.29, 1.82) is 0 Å². The van der Waals surface area contributed by atoms with Crippen molar-refractivity contribution in [2.24, 2.45) is 0 Å². The first-order chi connectivity index (χ1) is 10.5. The smallest absolute Gasteiger partial charge is 0.335 e. The van der Waals surface area contributed by atoms with Gasteiger partial charge in [0.15, 0.2) is 0 Å². The van der Waals surface area contributed by atoms with Gasteiger partial charge >= 0.3 is 5.97 Å². The number of hydrogen-bond acceptors (Lipinski definition) is 2. The minimum atomic E-state index is -1.05. The van der Waals surface area contributed by atoms with E-state index in [1.54, 1.807) is 30.3 Å². The number of benzene rings is 2. The van der Waals surface area contributed by atoms with Crippen LogP contribution >= 0.6 is 23.2 Å². The fraction of sp³-hybridized carbons (Fsp3) is 0. The molecule has 1 amide bonds. The average Bonchev–Trinajstić information content (AvgIpc) is 2.78. The van der Waals surface area contributed by atoms with E-state index in [-0.39, 0.29) is 11.5 Å². The summed E-state index contributed by atoms with van der Waals surface area (Å²) < 4.78 is 0. The molecule has 0 aliphatic carbocycles. The van der Waals surface area contributed by atoms with Gasteiger partial charge in [0, 0.05) is 16.8 Å². The zero-order valence-electron chi connectivity index (χ0n) is 11.1. The average molecular weight is 334 g/mol. The van der Waals surface area contributed by atoms with Crippen LogP contribution in [-0.4, -0.2) is 17.0 Å². The number of carbonyl (C=O) groups is 2. The first-order valence-electron chi connectivity index (χ1n) is 6.31. The Kier molecular flexibility index (Phi) is 3.64. The van der Waals surface area contributed by atoms with Gasteiger partial charge in [0.25, 0.3) is 5.91 Å². The molecule has 22 heavy (non-hydrogen) atoms. The zero-order valence-corrected chi connectivity index (χ0v) is 12.6. The summed E-state index contributed by atoms with van der Waals surface area (Å²) in [5.41, 5.74) is 2.34. The highest BCUT2D eigenvalue weighted by Gasteiger charge is 2.25. The van der Waals surface area contributed by atoms with Crippen molar-refractivity contribution in [1.82, 2.24) is 0 Å². The molecule has 6 heteroatoms. The van der Waals surface area contributed by atoms with Gasteiger partial charge in [0.05, 0.1) is 15.6 Å². The van der Waals surface area contributed by atoms with E-state index in [0.717, 1.165) is 0 Å². The minimum absolute atomic E-state index is 0.121. The highest BCUT2D eigenvalue weighted by atomic mass is 35.5. The molecule has 1 aliphatic rings. The maximum Gasteiger partial charge on any atom is 0.335 e. The van der Waals surface area contributed by atoms with Crippen molar-refractivity contribution in [2.45, 2.75) is 0 Å². The Morgan fingerprint density at radius 1 is 1.09 bits per heavy atom. The number of aromatic carboxylic acids is 1. The molecule has 0 bridgehead atoms. The van der Waals surface area contributed by atoms with Crippen molar-refractivity contribution in [3.63, 3.8) is 0 Å². The van der Waals surface area contributed by atoms with Crippen LogP contribution in [0.1, 0.15) is 21.5 Å². The lowest BCUT2D eigenvalue weighted by atomic mass is 10.0. The molecule has 0 aromatic heterocycles. The second-order valence-corrected chi connectivity index (χ2v) is 5.57. The monoisotopic (exact) mass is 333 g/mol. The number of anilines is 1. The van der Waals surface area contributed by atoms with E-state index >= 15 is 0 Å². The van der Waals surface area contributed by atoms with E-state index in [2.05, 4.69) is 5.32 Å². The van der Waals surface area contributed by atoms with Crippen molar-refractivity contribution in [2.75, 3.05) is 5.32 Å². The number of carboxylic acid groups (broad SMARTS) is 1. The van der Waals surface area contributed by atoms with Gasteiger partial charge in [-0.3, -0.25) is 4.79 Å². The third-order valence-electron chi connectivity index (χ3n) is 3.30. The van der Waals surface area contributed by atoms with Gasteiger partial charge in [-0.2, -0.15) is 0 Å². The molecule has 0 saturated carbocycles. The summed E-state index contributed by atoms with van der Waals surface area (Å²) in [6, 6.07) is 9.50.